The lowest BCUT2D eigenvalue weighted by molar-refractivity contribution is 0.602. The quantitative estimate of drug-likeness (QED) is 0.291. The maximum Gasteiger partial charge on any atom is 0.00647 e. The summed E-state index contributed by atoms with van der Waals surface area (Å²) in [7, 11) is 1.67. The van der Waals surface area contributed by atoms with Crippen LogP contribution in [0.2, 0.25) is 0 Å². The van der Waals surface area contributed by atoms with Crippen molar-refractivity contribution >= 4 is 24.6 Å². The zero-order valence-corrected chi connectivity index (χ0v) is 4.42. The van der Waals surface area contributed by atoms with Crippen LogP contribution in [0.25, 0.3) is 0 Å². The van der Waals surface area contributed by atoms with Gasteiger partial charge in [-0.3, -0.25) is 0 Å². The summed E-state index contributed by atoms with van der Waals surface area (Å²) in [6.45, 7) is 0. The molecular formula is CH5ClN2S. The second-order valence-corrected chi connectivity index (χ2v) is 1.46. The Labute approximate surface area is 41.7 Å². The normalized spacial score (nSPS) is 9.60. The molecule has 0 radical (unpaired) electrons. The SMILES string of the molecule is CNN(S)Cl. The molecule has 0 aromatic rings. The Morgan fingerprint density at radius 2 is 2.20 bits per heavy atom. The molecule has 0 aromatic carbocycles. The highest BCUT2D eigenvalue weighted by molar-refractivity contribution is 7.78. The highest BCUT2D eigenvalue weighted by Gasteiger charge is 1.74. The summed E-state index contributed by atoms with van der Waals surface area (Å²) in [5, 5.41) is 0. The molecule has 0 aliphatic carbocycles. The minimum absolute atomic E-state index is 1.04. The molecule has 0 rings (SSSR count). The lowest BCUT2D eigenvalue weighted by atomic mass is 11.5. The highest BCUT2D eigenvalue weighted by Crippen LogP contribution is 1.85. The summed E-state index contributed by atoms with van der Waals surface area (Å²) >= 11 is 8.63. The van der Waals surface area contributed by atoms with E-state index in [0.717, 1.165) is 3.93 Å². The summed E-state index contributed by atoms with van der Waals surface area (Å²) in [5.74, 6) is 0. The topological polar surface area (TPSA) is 15.3 Å². The number of hydrogen-bond donors (Lipinski definition) is 2. The molecule has 0 bridgehead atoms. The molecular weight excluding hydrogens is 108 g/mol. The summed E-state index contributed by atoms with van der Waals surface area (Å²) in [6.07, 6.45) is 0. The Morgan fingerprint density at radius 3 is 2.20 bits per heavy atom. The van der Waals surface area contributed by atoms with Crippen molar-refractivity contribution in [2.24, 2.45) is 0 Å². The van der Waals surface area contributed by atoms with Gasteiger partial charge in [-0.05, 0) is 0 Å². The minimum Gasteiger partial charge on any atom is -0.234 e. The first-order valence-corrected chi connectivity index (χ1v) is 1.83. The fourth-order valence-corrected chi connectivity index (χ4v) is 0. The maximum absolute atomic E-state index is 5.05. The van der Waals surface area contributed by atoms with Gasteiger partial charge in [0.1, 0.15) is 0 Å². The third-order valence-electron chi connectivity index (χ3n) is 0.185. The zero-order valence-electron chi connectivity index (χ0n) is 2.77. The average molecular weight is 113 g/mol. The van der Waals surface area contributed by atoms with Gasteiger partial charge in [-0.2, -0.15) is 0 Å². The maximum atomic E-state index is 5.05. The van der Waals surface area contributed by atoms with Gasteiger partial charge in [0.2, 0.25) is 0 Å². The van der Waals surface area contributed by atoms with Crippen LogP contribution in [0.4, 0.5) is 0 Å². The molecule has 0 saturated heterocycles. The average Bonchev–Trinajstić information content (AvgIpc) is 1.38. The fourth-order valence-electron chi connectivity index (χ4n) is 0. The van der Waals surface area contributed by atoms with Gasteiger partial charge >= 0.3 is 0 Å². The second-order valence-electron chi connectivity index (χ2n) is 0.484. The molecule has 0 heterocycles. The number of nitrogens with one attached hydrogen (secondary N) is 1. The van der Waals surface area contributed by atoms with Crippen molar-refractivity contribution < 1.29 is 0 Å². The summed E-state index contributed by atoms with van der Waals surface area (Å²) in [5.41, 5.74) is 2.49. The first-order valence-electron chi connectivity index (χ1n) is 1.09. The Balaban J connectivity index is 2.54. The van der Waals surface area contributed by atoms with E-state index in [1.807, 2.05) is 0 Å². The molecule has 0 saturated carbocycles. The summed E-state index contributed by atoms with van der Waals surface area (Å²) in [4.78, 5) is 0. The molecule has 0 atom stereocenters. The minimum atomic E-state index is 1.04. The monoisotopic (exact) mass is 112 g/mol. The van der Waals surface area contributed by atoms with Gasteiger partial charge < -0.3 is 0 Å². The lowest BCUT2D eigenvalue weighted by Gasteiger charge is -1.96. The van der Waals surface area contributed by atoms with E-state index in [1.54, 1.807) is 7.05 Å². The third-order valence-corrected chi connectivity index (χ3v) is 0.554. The van der Waals surface area contributed by atoms with Crippen LogP contribution in [0.3, 0.4) is 0 Å². The predicted molar refractivity (Wildman–Crippen MR) is 25.7 cm³/mol. The van der Waals surface area contributed by atoms with Crippen molar-refractivity contribution in [1.82, 2.24) is 9.36 Å². The van der Waals surface area contributed by atoms with Crippen LogP contribution < -0.4 is 5.43 Å². The van der Waals surface area contributed by atoms with E-state index >= 15 is 0 Å². The molecule has 0 aliphatic rings. The summed E-state index contributed by atoms with van der Waals surface area (Å²) < 4.78 is 1.04. The molecule has 4 heteroatoms. The molecule has 0 unspecified atom stereocenters. The molecule has 1 N–H and O–H groups in total. The van der Waals surface area contributed by atoms with E-state index in [9.17, 15) is 0 Å². The third kappa shape index (κ3) is 4.56. The van der Waals surface area contributed by atoms with Crippen molar-refractivity contribution in [3.63, 3.8) is 0 Å². The Morgan fingerprint density at radius 1 is 2.00 bits per heavy atom. The van der Waals surface area contributed by atoms with Gasteiger partial charge in [-0.1, -0.05) is 12.8 Å². The first kappa shape index (κ1) is 5.56. The van der Waals surface area contributed by atoms with Crippen molar-refractivity contribution in [2.75, 3.05) is 7.05 Å². The van der Waals surface area contributed by atoms with Crippen LogP contribution in [0.5, 0.6) is 0 Å². The van der Waals surface area contributed by atoms with Crippen LogP contribution in [0.1, 0.15) is 0 Å². The number of rotatable bonds is 1. The van der Waals surface area contributed by atoms with Crippen molar-refractivity contribution in [1.29, 1.82) is 0 Å². The zero-order chi connectivity index (χ0) is 4.28. The first-order chi connectivity index (χ1) is 2.27. The van der Waals surface area contributed by atoms with E-state index in [4.69, 9.17) is 11.8 Å². The van der Waals surface area contributed by atoms with Crippen molar-refractivity contribution in [2.45, 2.75) is 0 Å². The van der Waals surface area contributed by atoms with Gasteiger partial charge in [-0.15, -0.1) is 3.93 Å². The van der Waals surface area contributed by atoms with Gasteiger partial charge in [0.05, 0.1) is 0 Å². The van der Waals surface area contributed by atoms with E-state index < -0.39 is 0 Å². The largest absolute Gasteiger partial charge is 0.234 e. The number of nitrogens with zero attached hydrogens (tertiary/aromatic N) is 1. The van der Waals surface area contributed by atoms with Crippen LogP contribution >= 0.6 is 24.6 Å². The van der Waals surface area contributed by atoms with E-state index in [-0.39, 0.29) is 0 Å². The highest BCUT2D eigenvalue weighted by atomic mass is 35.5. The lowest BCUT2D eigenvalue weighted by Crippen LogP contribution is -2.13. The fraction of sp³-hybridized carbons (Fsp3) is 1.00. The number of hydrazine groups is 1. The van der Waals surface area contributed by atoms with Gasteiger partial charge in [0.25, 0.3) is 0 Å². The van der Waals surface area contributed by atoms with Crippen LogP contribution in [0.15, 0.2) is 0 Å². The summed E-state index contributed by atoms with van der Waals surface area (Å²) in [6, 6.07) is 0. The van der Waals surface area contributed by atoms with E-state index in [1.165, 1.54) is 0 Å². The predicted octanol–water partition coefficient (Wildman–Crippen LogP) is 0.421. The van der Waals surface area contributed by atoms with Crippen molar-refractivity contribution in [3.05, 3.63) is 0 Å². The Hall–Kier alpha value is 0.560. The van der Waals surface area contributed by atoms with Crippen molar-refractivity contribution in [3.8, 4) is 0 Å². The number of thiol groups is 1. The van der Waals surface area contributed by atoms with E-state index in [0.29, 0.717) is 0 Å². The molecule has 5 heavy (non-hydrogen) atoms. The Kier molecular flexibility index (Phi) is 3.09. The van der Waals surface area contributed by atoms with Gasteiger partial charge in [-0.25, -0.2) is 5.43 Å². The Bertz CT molecular complexity index is 23.6. The smallest absolute Gasteiger partial charge is 0.00647 e. The second kappa shape index (κ2) is 2.78. The standard InChI is InChI=1S/CH5ClN2S/c1-3-4(2)5/h3,5H,1H3. The van der Waals surface area contributed by atoms with Gasteiger partial charge in [0.15, 0.2) is 0 Å². The van der Waals surface area contributed by atoms with Crippen LogP contribution in [0, 0.1) is 0 Å². The molecule has 0 fully saturated rings. The number of hydrogen-bond acceptors (Lipinski definition) is 3. The van der Waals surface area contributed by atoms with Crippen LogP contribution in [-0.2, 0) is 0 Å². The molecule has 0 aliphatic heterocycles. The van der Waals surface area contributed by atoms with Crippen LogP contribution in [-0.4, -0.2) is 11.0 Å². The molecule has 32 valence electrons. The molecule has 0 amide bonds. The molecule has 2 nitrogen and oxygen atoms in total. The van der Waals surface area contributed by atoms with E-state index in [2.05, 4.69) is 18.2 Å². The molecule has 0 aromatic heterocycles. The molecule has 0 spiro atoms. The van der Waals surface area contributed by atoms with Gasteiger partial charge in [0, 0.05) is 18.8 Å². The number of halogens is 1.